The minimum absolute atomic E-state index is 0.251. The van der Waals surface area contributed by atoms with E-state index >= 15 is 0 Å². The SMILES string of the molecule is CCN1CCCC1CNC(N)=NCC(c1cccc(OC)c1)N1CCCC1. The van der Waals surface area contributed by atoms with Crippen LogP contribution < -0.4 is 15.8 Å². The van der Waals surface area contributed by atoms with Gasteiger partial charge >= 0.3 is 0 Å². The number of hydrogen-bond donors (Lipinski definition) is 2. The van der Waals surface area contributed by atoms with Crippen molar-refractivity contribution in [3.05, 3.63) is 29.8 Å². The Balaban J connectivity index is 1.62. The van der Waals surface area contributed by atoms with Gasteiger partial charge in [0.2, 0.25) is 0 Å². The summed E-state index contributed by atoms with van der Waals surface area (Å²) in [5.41, 5.74) is 7.45. The minimum Gasteiger partial charge on any atom is -0.497 e. The van der Waals surface area contributed by atoms with Crippen molar-refractivity contribution in [1.29, 1.82) is 0 Å². The number of ether oxygens (including phenoxy) is 1. The minimum atomic E-state index is 0.251. The second kappa shape index (κ2) is 9.95. The largest absolute Gasteiger partial charge is 0.497 e. The van der Waals surface area contributed by atoms with Crippen LogP contribution in [0, 0.1) is 0 Å². The number of nitrogens with two attached hydrogens (primary N) is 1. The monoisotopic (exact) mass is 373 g/mol. The van der Waals surface area contributed by atoms with E-state index in [1.807, 2.05) is 6.07 Å². The summed E-state index contributed by atoms with van der Waals surface area (Å²) in [5.74, 6) is 1.46. The van der Waals surface area contributed by atoms with Gasteiger partial charge in [0.15, 0.2) is 5.96 Å². The molecule has 0 radical (unpaired) electrons. The van der Waals surface area contributed by atoms with Crippen molar-refractivity contribution in [1.82, 2.24) is 15.1 Å². The molecule has 150 valence electrons. The third-order valence-electron chi connectivity index (χ3n) is 5.92. The van der Waals surface area contributed by atoms with Crippen LogP contribution in [0.2, 0.25) is 0 Å². The number of guanidine groups is 1. The van der Waals surface area contributed by atoms with Crippen molar-refractivity contribution >= 4 is 5.96 Å². The number of nitrogens with zero attached hydrogens (tertiary/aromatic N) is 3. The molecule has 2 aliphatic rings. The van der Waals surface area contributed by atoms with Crippen LogP contribution in [0.1, 0.15) is 44.2 Å². The first-order valence-corrected chi connectivity index (χ1v) is 10.4. The number of hydrogen-bond acceptors (Lipinski definition) is 4. The summed E-state index contributed by atoms with van der Waals surface area (Å²) >= 11 is 0. The Kier molecular flexibility index (Phi) is 7.35. The highest BCUT2D eigenvalue weighted by Gasteiger charge is 2.24. The molecule has 1 aromatic carbocycles. The van der Waals surface area contributed by atoms with Crippen molar-refractivity contribution in [3.8, 4) is 5.75 Å². The van der Waals surface area contributed by atoms with E-state index in [0.717, 1.165) is 31.9 Å². The van der Waals surface area contributed by atoms with Gasteiger partial charge in [-0.05, 0) is 69.6 Å². The van der Waals surface area contributed by atoms with Gasteiger partial charge in [0, 0.05) is 12.6 Å². The second-order valence-electron chi connectivity index (χ2n) is 7.57. The van der Waals surface area contributed by atoms with Crippen LogP contribution in [0.15, 0.2) is 29.3 Å². The van der Waals surface area contributed by atoms with E-state index in [0.29, 0.717) is 18.5 Å². The predicted octanol–water partition coefficient (Wildman–Crippen LogP) is 2.22. The van der Waals surface area contributed by atoms with E-state index in [1.165, 1.54) is 37.8 Å². The Bertz CT molecular complexity index is 614. The average Bonchev–Trinajstić information content (AvgIpc) is 3.38. The smallest absolute Gasteiger partial charge is 0.188 e. The van der Waals surface area contributed by atoms with E-state index in [4.69, 9.17) is 15.5 Å². The first-order chi connectivity index (χ1) is 13.2. The quantitative estimate of drug-likeness (QED) is 0.540. The van der Waals surface area contributed by atoms with Gasteiger partial charge < -0.3 is 15.8 Å². The molecule has 0 aromatic heterocycles. The molecule has 2 heterocycles. The average molecular weight is 374 g/mol. The normalized spacial score (nSPS) is 22.9. The topological polar surface area (TPSA) is 66.1 Å². The van der Waals surface area contributed by atoms with E-state index in [-0.39, 0.29) is 6.04 Å². The van der Waals surface area contributed by atoms with Crippen LogP contribution in [0.5, 0.6) is 5.75 Å². The lowest BCUT2D eigenvalue weighted by Crippen LogP contribution is -2.43. The molecule has 3 rings (SSSR count). The lowest BCUT2D eigenvalue weighted by molar-refractivity contribution is 0.250. The number of methoxy groups -OCH3 is 1. The zero-order valence-corrected chi connectivity index (χ0v) is 16.9. The van der Waals surface area contributed by atoms with Crippen LogP contribution >= 0.6 is 0 Å². The highest BCUT2D eigenvalue weighted by Crippen LogP contribution is 2.27. The van der Waals surface area contributed by atoms with Gasteiger partial charge in [-0.2, -0.15) is 0 Å². The van der Waals surface area contributed by atoms with Crippen LogP contribution in [0.3, 0.4) is 0 Å². The number of likely N-dealkylation sites (N-methyl/N-ethyl adjacent to an activating group) is 1. The Morgan fingerprint density at radius 1 is 1.30 bits per heavy atom. The molecule has 0 amide bonds. The van der Waals surface area contributed by atoms with E-state index in [2.05, 4.69) is 40.2 Å². The summed E-state index contributed by atoms with van der Waals surface area (Å²) in [6, 6.07) is 9.17. The fourth-order valence-corrected chi connectivity index (χ4v) is 4.34. The molecule has 1 aromatic rings. The van der Waals surface area contributed by atoms with Gasteiger partial charge in [0.1, 0.15) is 5.75 Å². The van der Waals surface area contributed by atoms with E-state index in [9.17, 15) is 0 Å². The third kappa shape index (κ3) is 5.36. The predicted molar refractivity (Wildman–Crippen MR) is 111 cm³/mol. The van der Waals surface area contributed by atoms with Gasteiger partial charge in [-0.3, -0.25) is 14.8 Å². The maximum absolute atomic E-state index is 6.20. The molecule has 2 saturated heterocycles. The number of aliphatic imine (C=N–C) groups is 1. The number of likely N-dealkylation sites (tertiary alicyclic amines) is 2. The van der Waals surface area contributed by atoms with Crippen LogP contribution in [0.4, 0.5) is 0 Å². The molecule has 6 heteroatoms. The molecule has 2 fully saturated rings. The number of rotatable bonds is 8. The summed E-state index contributed by atoms with van der Waals surface area (Å²) in [7, 11) is 1.71. The van der Waals surface area contributed by atoms with Gasteiger partial charge in [-0.25, -0.2) is 0 Å². The first-order valence-electron chi connectivity index (χ1n) is 10.4. The molecule has 0 saturated carbocycles. The summed E-state index contributed by atoms with van der Waals surface area (Å²) in [6.07, 6.45) is 5.04. The maximum Gasteiger partial charge on any atom is 0.188 e. The molecule has 0 aliphatic carbocycles. The van der Waals surface area contributed by atoms with Crippen molar-refractivity contribution in [3.63, 3.8) is 0 Å². The first kappa shape index (κ1) is 20.0. The summed E-state index contributed by atoms with van der Waals surface area (Å²) in [6.45, 7) is 8.34. The molecule has 3 N–H and O–H groups in total. The zero-order valence-electron chi connectivity index (χ0n) is 16.9. The van der Waals surface area contributed by atoms with Gasteiger partial charge in [0.25, 0.3) is 0 Å². The van der Waals surface area contributed by atoms with Crippen molar-refractivity contribution in [2.75, 3.05) is 46.4 Å². The summed E-state index contributed by atoms with van der Waals surface area (Å²) in [4.78, 5) is 9.73. The van der Waals surface area contributed by atoms with Crippen molar-refractivity contribution in [2.45, 2.75) is 44.7 Å². The fourth-order valence-electron chi connectivity index (χ4n) is 4.34. The van der Waals surface area contributed by atoms with E-state index < -0.39 is 0 Å². The molecule has 2 unspecified atom stereocenters. The third-order valence-corrected chi connectivity index (χ3v) is 5.92. The van der Waals surface area contributed by atoms with Gasteiger partial charge in [-0.15, -0.1) is 0 Å². The molecule has 2 atom stereocenters. The van der Waals surface area contributed by atoms with E-state index in [1.54, 1.807) is 7.11 Å². The lowest BCUT2D eigenvalue weighted by atomic mass is 10.1. The zero-order chi connectivity index (χ0) is 19.1. The summed E-state index contributed by atoms with van der Waals surface area (Å²) < 4.78 is 5.41. The maximum atomic E-state index is 6.20. The Hall–Kier alpha value is -1.79. The van der Waals surface area contributed by atoms with Gasteiger partial charge in [0.05, 0.1) is 19.7 Å². The molecule has 27 heavy (non-hydrogen) atoms. The Morgan fingerprint density at radius 3 is 2.85 bits per heavy atom. The lowest BCUT2D eigenvalue weighted by Gasteiger charge is -2.27. The Labute approximate surface area is 163 Å². The molecule has 2 aliphatic heterocycles. The number of nitrogens with one attached hydrogen (secondary N) is 1. The van der Waals surface area contributed by atoms with Crippen LogP contribution in [-0.4, -0.2) is 68.2 Å². The highest BCUT2D eigenvalue weighted by molar-refractivity contribution is 5.77. The Morgan fingerprint density at radius 2 is 2.11 bits per heavy atom. The highest BCUT2D eigenvalue weighted by atomic mass is 16.5. The fraction of sp³-hybridized carbons (Fsp3) is 0.667. The molecule has 0 bridgehead atoms. The van der Waals surface area contributed by atoms with Crippen LogP contribution in [-0.2, 0) is 0 Å². The van der Waals surface area contributed by atoms with Crippen LogP contribution in [0.25, 0.3) is 0 Å². The van der Waals surface area contributed by atoms with Crippen molar-refractivity contribution < 1.29 is 4.74 Å². The molecular formula is C21H35N5O. The standard InChI is InChI=1S/C21H35N5O/c1-3-25-13-7-9-18(25)15-23-21(22)24-16-20(26-11-4-5-12-26)17-8-6-10-19(14-17)27-2/h6,8,10,14,18,20H,3-5,7,9,11-13,15-16H2,1-2H3,(H3,22,23,24). The summed E-state index contributed by atoms with van der Waals surface area (Å²) in [5, 5.41) is 3.35. The van der Waals surface area contributed by atoms with Gasteiger partial charge in [-0.1, -0.05) is 19.1 Å². The molecular weight excluding hydrogens is 338 g/mol. The second-order valence-corrected chi connectivity index (χ2v) is 7.57. The number of benzene rings is 1. The molecule has 0 spiro atoms. The van der Waals surface area contributed by atoms with Crippen molar-refractivity contribution in [2.24, 2.45) is 10.7 Å². The molecule has 6 nitrogen and oxygen atoms in total.